The number of carbonyl (C=O) groups is 2. The molecule has 0 unspecified atom stereocenters. The number of piperidine rings is 1. The number of hydrogen-bond acceptors (Lipinski definition) is 5. The van der Waals surface area contributed by atoms with E-state index in [0.717, 1.165) is 42.6 Å². The molecule has 0 spiro atoms. The molecule has 1 aliphatic rings. The first-order valence-corrected chi connectivity index (χ1v) is 10.4. The van der Waals surface area contributed by atoms with E-state index in [1.54, 1.807) is 12.1 Å². The van der Waals surface area contributed by atoms with Crippen molar-refractivity contribution in [1.29, 1.82) is 0 Å². The van der Waals surface area contributed by atoms with E-state index in [4.69, 9.17) is 10.5 Å². The van der Waals surface area contributed by atoms with E-state index in [9.17, 15) is 9.59 Å². The maximum Gasteiger partial charge on any atom is 0.337 e. The maximum atomic E-state index is 13.3. The van der Waals surface area contributed by atoms with E-state index in [1.165, 1.54) is 7.11 Å². The molecule has 2 aromatic carbocycles. The fraction of sp³-hybridized carbons (Fsp3) is 0.417. The summed E-state index contributed by atoms with van der Waals surface area (Å²) >= 11 is 0. The second-order valence-electron chi connectivity index (χ2n) is 7.94. The van der Waals surface area contributed by atoms with E-state index in [-0.39, 0.29) is 17.9 Å². The van der Waals surface area contributed by atoms with Gasteiger partial charge in [0.1, 0.15) is 0 Å². The molecule has 30 heavy (non-hydrogen) atoms. The zero-order valence-electron chi connectivity index (χ0n) is 17.8. The van der Waals surface area contributed by atoms with Crippen molar-refractivity contribution in [3.05, 3.63) is 70.8 Å². The Morgan fingerprint density at radius 3 is 2.13 bits per heavy atom. The number of ether oxygens (including phenoxy) is 1. The largest absolute Gasteiger partial charge is 0.465 e. The molecule has 1 amide bonds. The summed E-state index contributed by atoms with van der Waals surface area (Å²) in [5.74, 6) is -0.229. The predicted molar refractivity (Wildman–Crippen MR) is 117 cm³/mol. The highest BCUT2D eigenvalue weighted by atomic mass is 16.5. The summed E-state index contributed by atoms with van der Waals surface area (Å²) in [6, 6.07) is 15.5. The Hall–Kier alpha value is -2.70. The average Bonchev–Trinajstić information content (AvgIpc) is 2.78. The number of rotatable bonds is 7. The number of carbonyl (C=O) groups excluding carboxylic acids is 2. The van der Waals surface area contributed by atoms with Gasteiger partial charge in [0, 0.05) is 19.1 Å². The molecule has 0 saturated carbocycles. The quantitative estimate of drug-likeness (QED) is 0.712. The minimum absolute atomic E-state index is 0.127. The molecule has 1 fully saturated rings. The van der Waals surface area contributed by atoms with Crippen molar-refractivity contribution in [2.24, 2.45) is 5.73 Å². The fourth-order valence-corrected chi connectivity index (χ4v) is 3.86. The Balaban J connectivity index is 1.75. The zero-order valence-corrected chi connectivity index (χ0v) is 17.8. The number of nitrogens with zero attached hydrogens (tertiary/aromatic N) is 2. The van der Waals surface area contributed by atoms with Crippen LogP contribution in [0.15, 0.2) is 48.5 Å². The van der Waals surface area contributed by atoms with Gasteiger partial charge < -0.3 is 20.3 Å². The van der Waals surface area contributed by atoms with Gasteiger partial charge in [0.25, 0.3) is 0 Å². The molecule has 3 rings (SSSR count). The lowest BCUT2D eigenvalue weighted by atomic mass is 10.0. The van der Waals surface area contributed by atoms with Crippen molar-refractivity contribution >= 4 is 11.9 Å². The molecule has 2 N–H and O–H groups in total. The topological polar surface area (TPSA) is 75.9 Å². The summed E-state index contributed by atoms with van der Waals surface area (Å²) in [5, 5.41) is 0. The first-order valence-electron chi connectivity index (χ1n) is 10.4. The van der Waals surface area contributed by atoms with Crippen LogP contribution >= 0.6 is 0 Å². The van der Waals surface area contributed by atoms with Crippen LogP contribution in [-0.2, 0) is 29.0 Å². The van der Waals surface area contributed by atoms with E-state index < -0.39 is 0 Å². The lowest BCUT2D eigenvalue weighted by Crippen LogP contribution is -2.46. The number of likely N-dealkylation sites (tertiary alicyclic amines) is 1. The van der Waals surface area contributed by atoms with Crippen molar-refractivity contribution in [3.8, 4) is 0 Å². The molecule has 0 bridgehead atoms. The Bertz CT molecular complexity index is 841. The van der Waals surface area contributed by atoms with Gasteiger partial charge in [-0.2, -0.15) is 0 Å². The number of amides is 1. The average molecular weight is 410 g/mol. The van der Waals surface area contributed by atoms with Crippen LogP contribution in [0.3, 0.4) is 0 Å². The van der Waals surface area contributed by atoms with Gasteiger partial charge in [-0.25, -0.2) is 4.79 Å². The number of methoxy groups -OCH3 is 1. The monoisotopic (exact) mass is 409 g/mol. The van der Waals surface area contributed by atoms with Gasteiger partial charge in [-0.3, -0.25) is 4.79 Å². The van der Waals surface area contributed by atoms with Crippen molar-refractivity contribution in [2.75, 3.05) is 27.2 Å². The van der Waals surface area contributed by atoms with Crippen molar-refractivity contribution in [3.63, 3.8) is 0 Å². The van der Waals surface area contributed by atoms with E-state index >= 15 is 0 Å². The molecule has 6 nitrogen and oxygen atoms in total. The molecule has 6 heteroatoms. The van der Waals surface area contributed by atoms with Crippen molar-refractivity contribution in [1.82, 2.24) is 9.80 Å². The lowest BCUT2D eigenvalue weighted by Gasteiger charge is -2.37. The SMILES string of the molecule is COC(=O)c1ccc(CN(C(=O)Cc2ccc(CN)cc2)C2CCN(C)CC2)cc1. The number of benzene rings is 2. The van der Waals surface area contributed by atoms with Gasteiger partial charge in [-0.05, 0) is 61.8 Å². The number of nitrogens with two attached hydrogens (primary N) is 1. The van der Waals surface area contributed by atoms with Gasteiger partial charge >= 0.3 is 5.97 Å². The molecule has 0 aliphatic carbocycles. The third-order valence-corrected chi connectivity index (χ3v) is 5.79. The van der Waals surface area contributed by atoms with Crippen molar-refractivity contribution in [2.45, 2.75) is 38.4 Å². The van der Waals surface area contributed by atoms with E-state index in [1.807, 2.05) is 41.3 Å². The van der Waals surface area contributed by atoms with Crippen LogP contribution < -0.4 is 5.73 Å². The highest BCUT2D eigenvalue weighted by Crippen LogP contribution is 2.20. The molecule has 1 heterocycles. The third-order valence-electron chi connectivity index (χ3n) is 5.79. The Morgan fingerprint density at radius 2 is 1.57 bits per heavy atom. The summed E-state index contributed by atoms with van der Waals surface area (Å²) in [4.78, 5) is 29.3. The summed E-state index contributed by atoms with van der Waals surface area (Å²) < 4.78 is 4.77. The zero-order chi connectivity index (χ0) is 21.5. The van der Waals surface area contributed by atoms with Gasteiger partial charge in [-0.15, -0.1) is 0 Å². The fourth-order valence-electron chi connectivity index (χ4n) is 3.86. The molecule has 0 atom stereocenters. The predicted octanol–water partition coefficient (Wildman–Crippen LogP) is 2.60. The van der Waals surface area contributed by atoms with E-state index in [0.29, 0.717) is 25.1 Å². The summed E-state index contributed by atoms with van der Waals surface area (Å²) in [7, 11) is 3.49. The van der Waals surface area contributed by atoms with Gasteiger partial charge in [0.15, 0.2) is 0 Å². The Morgan fingerprint density at radius 1 is 1.00 bits per heavy atom. The molecule has 0 aromatic heterocycles. The van der Waals surface area contributed by atoms with Crippen molar-refractivity contribution < 1.29 is 14.3 Å². The van der Waals surface area contributed by atoms with Crippen LogP contribution in [-0.4, -0.2) is 55.0 Å². The van der Waals surface area contributed by atoms with Crippen LogP contribution in [0.4, 0.5) is 0 Å². The standard InChI is InChI=1S/C24H31N3O3/c1-26-13-11-22(12-14-26)27(17-20-7-9-21(10-8-20)24(29)30-2)23(28)15-18-3-5-19(16-25)6-4-18/h3-10,22H,11-17,25H2,1-2H3. The van der Waals surface area contributed by atoms with Crippen LogP contribution in [0.2, 0.25) is 0 Å². The second-order valence-corrected chi connectivity index (χ2v) is 7.94. The minimum atomic E-state index is -0.356. The second kappa shape index (κ2) is 10.4. The normalized spacial score (nSPS) is 15.0. The molecular weight excluding hydrogens is 378 g/mol. The molecule has 0 radical (unpaired) electrons. The highest BCUT2D eigenvalue weighted by Gasteiger charge is 2.27. The minimum Gasteiger partial charge on any atom is -0.465 e. The Labute approximate surface area is 178 Å². The lowest BCUT2D eigenvalue weighted by molar-refractivity contribution is -0.134. The van der Waals surface area contributed by atoms with Crippen LogP contribution in [0.1, 0.15) is 39.9 Å². The molecule has 2 aromatic rings. The Kier molecular flexibility index (Phi) is 7.60. The summed E-state index contributed by atoms with van der Waals surface area (Å²) in [6.45, 7) is 3.01. The number of esters is 1. The first kappa shape index (κ1) is 22.0. The molecule has 1 aliphatic heterocycles. The highest BCUT2D eigenvalue weighted by molar-refractivity contribution is 5.89. The van der Waals surface area contributed by atoms with Gasteiger partial charge in [0.05, 0.1) is 19.1 Å². The molecule has 1 saturated heterocycles. The van der Waals surface area contributed by atoms with E-state index in [2.05, 4.69) is 11.9 Å². The van der Waals surface area contributed by atoms with Crippen LogP contribution in [0.25, 0.3) is 0 Å². The molecule has 160 valence electrons. The maximum absolute atomic E-state index is 13.3. The molecular formula is C24H31N3O3. The summed E-state index contributed by atoms with van der Waals surface area (Å²) in [5.41, 5.74) is 9.25. The van der Waals surface area contributed by atoms with Crippen LogP contribution in [0, 0.1) is 0 Å². The number of hydrogen-bond donors (Lipinski definition) is 1. The smallest absolute Gasteiger partial charge is 0.337 e. The van der Waals surface area contributed by atoms with Crippen LogP contribution in [0.5, 0.6) is 0 Å². The summed E-state index contributed by atoms with van der Waals surface area (Å²) in [6.07, 6.45) is 2.31. The van der Waals surface area contributed by atoms with Gasteiger partial charge in [0.2, 0.25) is 5.91 Å². The third kappa shape index (κ3) is 5.68. The van der Waals surface area contributed by atoms with Gasteiger partial charge in [-0.1, -0.05) is 36.4 Å². The first-order chi connectivity index (χ1) is 14.5.